The Hall–Kier alpha value is -2.15. The zero-order valence-corrected chi connectivity index (χ0v) is 11.1. The Balaban J connectivity index is 2.00. The number of hydrogen-bond donors (Lipinski definition) is 0. The predicted octanol–water partition coefficient (Wildman–Crippen LogP) is 4.79. The Morgan fingerprint density at radius 1 is 1.00 bits per heavy atom. The van der Waals surface area contributed by atoms with Crippen molar-refractivity contribution >= 4 is 5.57 Å². The first-order valence-corrected chi connectivity index (χ1v) is 6.73. The van der Waals surface area contributed by atoms with Crippen molar-refractivity contribution in [1.82, 2.24) is 4.98 Å². The van der Waals surface area contributed by atoms with Gasteiger partial charge in [0, 0.05) is 11.8 Å². The van der Waals surface area contributed by atoms with Crippen molar-refractivity contribution in [3.8, 4) is 11.3 Å². The van der Waals surface area contributed by atoms with E-state index in [1.807, 2.05) is 6.20 Å². The molecule has 0 amide bonds. The van der Waals surface area contributed by atoms with E-state index in [2.05, 4.69) is 66.5 Å². The van der Waals surface area contributed by atoms with Crippen molar-refractivity contribution in [1.29, 1.82) is 0 Å². The van der Waals surface area contributed by atoms with Gasteiger partial charge in [0.25, 0.3) is 0 Å². The Bertz CT molecular complexity index is 650. The fourth-order valence-corrected chi connectivity index (χ4v) is 2.40. The molecule has 19 heavy (non-hydrogen) atoms. The quantitative estimate of drug-likeness (QED) is 0.743. The normalized spacial score (nSPS) is 14.3. The van der Waals surface area contributed by atoms with Gasteiger partial charge in [-0.15, -0.1) is 0 Å². The number of aryl methyl sites for hydroxylation is 1. The van der Waals surface area contributed by atoms with Gasteiger partial charge in [-0.25, -0.2) is 0 Å². The van der Waals surface area contributed by atoms with Crippen LogP contribution in [0.1, 0.15) is 24.0 Å². The average molecular weight is 247 g/mol. The van der Waals surface area contributed by atoms with Gasteiger partial charge in [0.15, 0.2) is 0 Å². The molecular weight excluding hydrogens is 230 g/mol. The van der Waals surface area contributed by atoms with Gasteiger partial charge in [-0.1, -0.05) is 42.0 Å². The summed E-state index contributed by atoms with van der Waals surface area (Å²) in [4.78, 5) is 4.49. The highest BCUT2D eigenvalue weighted by molar-refractivity contribution is 5.77. The number of nitrogens with zero attached hydrogens (tertiary/aromatic N) is 1. The monoisotopic (exact) mass is 247 g/mol. The van der Waals surface area contributed by atoms with Crippen LogP contribution in [0, 0.1) is 6.92 Å². The van der Waals surface area contributed by atoms with E-state index in [9.17, 15) is 0 Å². The lowest BCUT2D eigenvalue weighted by atomic mass is 9.98. The van der Waals surface area contributed by atoms with Crippen LogP contribution in [0.3, 0.4) is 0 Å². The summed E-state index contributed by atoms with van der Waals surface area (Å²) in [6, 6.07) is 12.7. The summed E-state index contributed by atoms with van der Waals surface area (Å²) >= 11 is 0. The highest BCUT2D eigenvalue weighted by Gasteiger charge is 2.05. The van der Waals surface area contributed by atoms with Crippen LogP contribution in [0.2, 0.25) is 0 Å². The Morgan fingerprint density at radius 3 is 2.74 bits per heavy atom. The molecule has 3 rings (SSSR count). The second kappa shape index (κ2) is 5.23. The topological polar surface area (TPSA) is 12.9 Å². The van der Waals surface area contributed by atoms with E-state index in [1.54, 1.807) is 0 Å². The van der Waals surface area contributed by atoms with Crippen LogP contribution in [0.4, 0.5) is 0 Å². The van der Waals surface area contributed by atoms with Crippen molar-refractivity contribution in [3.05, 3.63) is 72.0 Å². The number of rotatable bonds is 2. The van der Waals surface area contributed by atoms with E-state index in [-0.39, 0.29) is 0 Å². The molecule has 0 spiro atoms. The second-order valence-electron chi connectivity index (χ2n) is 4.94. The van der Waals surface area contributed by atoms with Gasteiger partial charge >= 0.3 is 0 Å². The predicted molar refractivity (Wildman–Crippen MR) is 80.8 cm³/mol. The smallest absolute Gasteiger partial charge is 0.0708 e. The summed E-state index contributed by atoms with van der Waals surface area (Å²) in [5, 5.41) is 0. The van der Waals surface area contributed by atoms with Gasteiger partial charge in [0.2, 0.25) is 0 Å². The van der Waals surface area contributed by atoms with E-state index in [1.165, 1.54) is 22.3 Å². The molecule has 0 unspecified atom stereocenters. The molecule has 0 fully saturated rings. The minimum atomic E-state index is 1.04. The summed E-state index contributed by atoms with van der Waals surface area (Å²) in [6.45, 7) is 2.11. The fourth-order valence-electron chi connectivity index (χ4n) is 2.40. The number of aromatic nitrogens is 1. The molecular formula is C18H17N. The average Bonchev–Trinajstić information content (AvgIpc) is 2.48. The molecule has 0 bridgehead atoms. The lowest BCUT2D eigenvalue weighted by Gasteiger charge is -2.09. The van der Waals surface area contributed by atoms with Gasteiger partial charge in [0.1, 0.15) is 0 Å². The van der Waals surface area contributed by atoms with E-state index in [0.29, 0.717) is 0 Å². The zero-order valence-electron chi connectivity index (χ0n) is 11.1. The molecule has 0 saturated heterocycles. The second-order valence-corrected chi connectivity index (χ2v) is 4.94. The third-order valence-corrected chi connectivity index (χ3v) is 3.40. The molecule has 1 heterocycles. The SMILES string of the molecule is Cc1cccc(-c2cc(C3=CCCC=C3)ccn2)c1. The van der Waals surface area contributed by atoms with Crippen LogP contribution < -0.4 is 0 Å². The largest absolute Gasteiger partial charge is 0.256 e. The van der Waals surface area contributed by atoms with Crippen LogP contribution in [-0.2, 0) is 0 Å². The highest BCUT2D eigenvalue weighted by atomic mass is 14.7. The van der Waals surface area contributed by atoms with Crippen LogP contribution in [0.5, 0.6) is 0 Å². The van der Waals surface area contributed by atoms with E-state index in [4.69, 9.17) is 0 Å². The Labute approximate surface area is 114 Å². The van der Waals surface area contributed by atoms with Crippen molar-refractivity contribution in [2.24, 2.45) is 0 Å². The van der Waals surface area contributed by atoms with Crippen molar-refractivity contribution in [2.45, 2.75) is 19.8 Å². The summed E-state index contributed by atoms with van der Waals surface area (Å²) in [5.74, 6) is 0. The summed E-state index contributed by atoms with van der Waals surface area (Å²) in [7, 11) is 0. The fraction of sp³-hybridized carbons (Fsp3) is 0.167. The summed E-state index contributed by atoms with van der Waals surface area (Å²) < 4.78 is 0. The van der Waals surface area contributed by atoms with E-state index in [0.717, 1.165) is 18.5 Å². The first-order chi connectivity index (χ1) is 9.33. The molecule has 1 aromatic carbocycles. The Morgan fingerprint density at radius 2 is 1.95 bits per heavy atom. The van der Waals surface area contributed by atoms with Crippen molar-refractivity contribution in [3.63, 3.8) is 0 Å². The number of hydrogen-bond acceptors (Lipinski definition) is 1. The van der Waals surface area contributed by atoms with Gasteiger partial charge in [-0.3, -0.25) is 4.98 Å². The highest BCUT2D eigenvalue weighted by Crippen LogP contribution is 2.25. The minimum Gasteiger partial charge on any atom is -0.256 e. The first-order valence-electron chi connectivity index (χ1n) is 6.73. The van der Waals surface area contributed by atoms with Crippen LogP contribution in [0.15, 0.2) is 60.8 Å². The standard InChI is InChI=1S/C18H17N/c1-14-6-5-9-17(12-14)18-13-16(10-11-19-18)15-7-3-2-4-8-15/h3,5-13H,2,4H2,1H3. The molecule has 0 aliphatic heterocycles. The minimum absolute atomic E-state index is 1.04. The maximum Gasteiger partial charge on any atom is 0.0708 e. The molecule has 1 aliphatic carbocycles. The van der Waals surface area contributed by atoms with Crippen molar-refractivity contribution < 1.29 is 0 Å². The molecule has 2 aromatic rings. The van der Waals surface area contributed by atoms with Gasteiger partial charge in [-0.05, 0) is 49.1 Å². The van der Waals surface area contributed by atoms with Crippen LogP contribution in [-0.4, -0.2) is 4.98 Å². The van der Waals surface area contributed by atoms with Crippen LogP contribution >= 0.6 is 0 Å². The molecule has 0 N–H and O–H groups in total. The Kier molecular flexibility index (Phi) is 3.28. The molecule has 0 radical (unpaired) electrons. The van der Waals surface area contributed by atoms with Crippen LogP contribution in [0.25, 0.3) is 16.8 Å². The lowest BCUT2D eigenvalue weighted by molar-refractivity contribution is 1.04. The summed E-state index contributed by atoms with van der Waals surface area (Å²) in [6.07, 6.45) is 10.9. The van der Waals surface area contributed by atoms with Gasteiger partial charge < -0.3 is 0 Å². The summed E-state index contributed by atoms with van der Waals surface area (Å²) in [5.41, 5.74) is 6.05. The third-order valence-electron chi connectivity index (χ3n) is 3.40. The number of allylic oxidation sites excluding steroid dienone is 4. The van der Waals surface area contributed by atoms with Gasteiger partial charge in [-0.2, -0.15) is 0 Å². The number of benzene rings is 1. The molecule has 94 valence electrons. The number of pyridine rings is 1. The van der Waals surface area contributed by atoms with Gasteiger partial charge in [0.05, 0.1) is 5.69 Å². The molecule has 0 saturated carbocycles. The zero-order chi connectivity index (χ0) is 13.1. The maximum atomic E-state index is 4.49. The molecule has 1 aliphatic rings. The lowest BCUT2D eigenvalue weighted by Crippen LogP contribution is -1.90. The first kappa shape index (κ1) is 11.9. The molecule has 0 atom stereocenters. The van der Waals surface area contributed by atoms with E-state index >= 15 is 0 Å². The van der Waals surface area contributed by atoms with Crippen molar-refractivity contribution in [2.75, 3.05) is 0 Å². The van der Waals surface area contributed by atoms with E-state index < -0.39 is 0 Å². The maximum absolute atomic E-state index is 4.49. The third kappa shape index (κ3) is 2.65. The molecule has 1 heteroatoms. The molecule has 1 nitrogen and oxygen atoms in total. The molecule has 1 aromatic heterocycles.